The van der Waals surface area contributed by atoms with Crippen LogP contribution in [0.3, 0.4) is 0 Å². The standard InChI is InChI=1S/C68H30N12.C46H32N10/c1-74-53-21-40(34-69)17-49(25-53)44-9-13-63-58(29-44)59-30-45(50-18-41(35-70)22-54(26-50)75-2)10-14-64(59)79(63)67-39-78-68(33-62(67)57-8-6-5-7-48(57)38-73)80-65-15-11-46(51-19-42(36-71)23-55(27-51)76-3)31-60(65)61-32-47(12-16-66(61)80)52-20-43(37-72)24-56(28-52)77-4;1-26-49-27(2)52-45(51-26)30-17-19-36-34-13-7-9-15-39(34)55(41(36)21-30)43-25-48-44(23-38(43)33-12-6-5-11-32(33)24-47)56-40-16-10-8-14-35(40)37-20-18-31(22-42(37)56)46-53-28(3)50-29(4)54-46/h5-33,39H;5-23,25H,1-4H3. The number of para-hydroxylation sites is 2. The zero-order valence-corrected chi connectivity index (χ0v) is 72.7. The van der Waals surface area contributed by atoms with Gasteiger partial charge in [-0.1, -0.05) is 121 Å². The number of pyridine rings is 2. The molecule has 0 N–H and O–H groups in total. The Morgan fingerprint density at radius 2 is 0.522 bits per heavy atom. The first-order chi connectivity index (χ1) is 66.5. The molecule has 0 unspecified atom stereocenters. The quantitative estimate of drug-likeness (QED) is 0.103. The Kier molecular flexibility index (Phi) is 20.4. The largest absolute Gasteiger partial charge is 0.307 e. The summed E-state index contributed by atoms with van der Waals surface area (Å²) in [5, 5.41) is 68.6. The summed E-state index contributed by atoms with van der Waals surface area (Å²) in [6.45, 7) is 38.6. The lowest BCUT2D eigenvalue weighted by molar-refractivity contribution is 0.928. The van der Waals surface area contributed by atoms with Gasteiger partial charge in [0.05, 0.1) is 142 Å². The molecule has 0 radical (unpaired) electrons. The summed E-state index contributed by atoms with van der Waals surface area (Å²) in [5.74, 6) is 5.13. The van der Waals surface area contributed by atoms with E-state index >= 15 is 0 Å². The third-order valence-corrected chi connectivity index (χ3v) is 24.5. The van der Waals surface area contributed by atoms with Crippen LogP contribution >= 0.6 is 0 Å². The number of aromatic nitrogens is 12. The van der Waals surface area contributed by atoms with E-state index in [9.17, 15) is 31.6 Å². The van der Waals surface area contributed by atoms with E-state index in [4.69, 9.17) is 36.3 Å². The van der Waals surface area contributed by atoms with Crippen LogP contribution in [-0.2, 0) is 0 Å². The Morgan fingerprint density at radius 1 is 0.235 bits per heavy atom. The maximum Gasteiger partial charge on any atom is 0.189 e. The van der Waals surface area contributed by atoms with Gasteiger partial charge in [-0.15, -0.1) is 0 Å². The normalized spacial score (nSPS) is 11.0. The number of hydrogen-bond donors (Lipinski definition) is 0. The Labute approximate surface area is 777 Å². The van der Waals surface area contributed by atoms with Crippen molar-refractivity contribution in [2.45, 2.75) is 27.7 Å². The van der Waals surface area contributed by atoms with Crippen molar-refractivity contribution in [2.75, 3.05) is 0 Å². The maximum absolute atomic E-state index is 10.8. The van der Waals surface area contributed by atoms with E-state index in [0.717, 1.165) is 137 Å². The Morgan fingerprint density at radius 3 is 0.868 bits per heavy atom. The molecule has 0 atom stereocenters. The second kappa shape index (κ2) is 33.6. The Bertz CT molecular complexity index is 9040. The highest BCUT2D eigenvalue weighted by Crippen LogP contribution is 2.47. The van der Waals surface area contributed by atoms with Gasteiger partial charge in [-0.3, -0.25) is 9.13 Å². The number of aryl methyl sites for hydroxylation is 4. The molecule has 22 rings (SSSR count). The molecule has 0 aliphatic carbocycles. The van der Waals surface area contributed by atoms with Crippen molar-refractivity contribution in [3.05, 3.63) is 406 Å². The molecule has 628 valence electrons. The summed E-state index contributed by atoms with van der Waals surface area (Å²) in [5.41, 5.74) is 22.8. The van der Waals surface area contributed by atoms with E-state index in [2.05, 4.69) is 183 Å². The fraction of sp³-hybridized carbons (Fsp3) is 0.0351. The van der Waals surface area contributed by atoms with Crippen LogP contribution in [0.25, 0.3) is 219 Å². The number of rotatable bonds is 12. The van der Waals surface area contributed by atoms with Gasteiger partial charge in [0.15, 0.2) is 34.4 Å². The SMILES string of the molecule is Cc1nc(C)nc(-c2ccc3c4ccccc4n(-c4cc(-c5ccccc5C#N)c(-n5c6ccccc6c6ccc(-c7nc(C)nc(C)n7)cc65)cn4)c3c2)n1.[C-]#[N+]c1cc(C#N)cc(-c2ccc3c(c2)c2cc(-c4cc(C#N)cc([N+]#[C-])c4)ccc2n3-c2cc(-c3ccccc3C#N)c(-n3c4ccc(-c5cc(C#N)cc([N+]#[C-])c5)cc4c4cc(-c5cc(C#N)cc([N+]#[C-])c5)ccc43)cn2)c1. The van der Waals surface area contributed by atoms with E-state index in [1.165, 1.54) is 0 Å². The van der Waals surface area contributed by atoms with E-state index in [1.54, 1.807) is 85.1 Å². The summed E-state index contributed by atoms with van der Waals surface area (Å²) in [7, 11) is 0. The first-order valence-corrected chi connectivity index (χ1v) is 42.9. The first kappa shape index (κ1) is 82.5. The molecule has 22 heteroatoms. The fourth-order valence-electron chi connectivity index (χ4n) is 18.7. The second-order valence-corrected chi connectivity index (χ2v) is 32.7. The molecule has 22 aromatic rings. The number of fused-ring (bicyclic) bond motifs is 12. The zero-order valence-electron chi connectivity index (χ0n) is 72.7. The molecule has 0 amide bonds. The highest BCUT2D eigenvalue weighted by atomic mass is 15.1. The van der Waals surface area contributed by atoms with Crippen LogP contribution < -0.4 is 0 Å². The van der Waals surface area contributed by atoms with Gasteiger partial charge in [0, 0.05) is 98.7 Å². The van der Waals surface area contributed by atoms with Gasteiger partial charge in [0.1, 0.15) is 34.9 Å². The third-order valence-electron chi connectivity index (χ3n) is 24.5. The lowest BCUT2D eigenvalue weighted by Gasteiger charge is -2.17. The molecule has 0 aliphatic heterocycles. The van der Waals surface area contributed by atoms with Crippen LogP contribution in [0.2, 0.25) is 0 Å². The van der Waals surface area contributed by atoms with Crippen LogP contribution in [0, 0.1) is 122 Å². The third kappa shape index (κ3) is 14.4. The topological polar surface area (TPSA) is 283 Å². The van der Waals surface area contributed by atoms with E-state index < -0.39 is 0 Å². The lowest BCUT2D eigenvalue weighted by atomic mass is 9.98. The maximum atomic E-state index is 10.8. The zero-order chi connectivity index (χ0) is 93.3. The van der Waals surface area contributed by atoms with Gasteiger partial charge in [0.25, 0.3) is 0 Å². The highest BCUT2D eigenvalue weighted by molar-refractivity contribution is 6.16. The molecule has 8 heterocycles. The fourth-order valence-corrected chi connectivity index (χ4v) is 18.7. The predicted octanol–water partition coefficient (Wildman–Crippen LogP) is 26.9. The molecular formula is C114H62N22. The lowest BCUT2D eigenvalue weighted by Crippen LogP contribution is -2.04. The Balaban J connectivity index is 0.000000173. The summed E-state index contributed by atoms with van der Waals surface area (Å²) in [6.07, 6.45) is 3.73. The van der Waals surface area contributed by atoms with Crippen molar-refractivity contribution in [1.29, 1.82) is 31.6 Å². The van der Waals surface area contributed by atoms with Gasteiger partial charge in [-0.2, -0.15) is 31.6 Å². The predicted molar refractivity (Wildman–Crippen MR) is 528 cm³/mol. The molecule has 14 aromatic carbocycles. The summed E-state index contributed by atoms with van der Waals surface area (Å²) in [6, 6.07) is 106. The molecule has 8 aromatic heterocycles. The minimum atomic E-state index is 0.328. The average molecular weight is 1740 g/mol. The van der Waals surface area contributed by atoms with Crippen molar-refractivity contribution in [3.63, 3.8) is 0 Å². The van der Waals surface area contributed by atoms with Crippen LogP contribution in [0.1, 0.15) is 56.7 Å². The van der Waals surface area contributed by atoms with Gasteiger partial charge in [-0.05, 0) is 242 Å². The minimum absolute atomic E-state index is 0.328. The average Bonchev–Trinajstić information content (AvgIpc) is 1.54. The summed E-state index contributed by atoms with van der Waals surface area (Å²) in [4.78, 5) is 52.6. The number of benzene rings is 14. The van der Waals surface area contributed by atoms with Crippen molar-refractivity contribution >= 4 is 110 Å². The van der Waals surface area contributed by atoms with Crippen LogP contribution in [0.15, 0.2) is 304 Å². The molecule has 0 saturated heterocycles. The van der Waals surface area contributed by atoms with Crippen molar-refractivity contribution in [1.82, 2.24) is 58.1 Å². The molecule has 0 fully saturated rings. The van der Waals surface area contributed by atoms with E-state index in [0.29, 0.717) is 142 Å². The smallest absolute Gasteiger partial charge is 0.189 e. The monoisotopic (exact) mass is 1740 g/mol. The van der Waals surface area contributed by atoms with Crippen molar-refractivity contribution in [2.24, 2.45) is 0 Å². The van der Waals surface area contributed by atoms with Gasteiger partial charge < -0.3 is 9.13 Å². The molecule has 22 nitrogen and oxygen atoms in total. The summed E-state index contributed by atoms with van der Waals surface area (Å²) < 4.78 is 8.59. The summed E-state index contributed by atoms with van der Waals surface area (Å²) >= 11 is 0. The van der Waals surface area contributed by atoms with Crippen molar-refractivity contribution in [3.8, 4) is 149 Å². The van der Waals surface area contributed by atoms with E-state index in [1.807, 2.05) is 167 Å². The van der Waals surface area contributed by atoms with Gasteiger partial charge in [-0.25, -0.2) is 59.3 Å². The first-order valence-electron chi connectivity index (χ1n) is 42.9. The molecule has 0 saturated carbocycles. The van der Waals surface area contributed by atoms with Crippen LogP contribution in [0.5, 0.6) is 0 Å². The molecule has 0 spiro atoms. The molecule has 0 aliphatic rings. The molecule has 136 heavy (non-hydrogen) atoms. The van der Waals surface area contributed by atoms with Gasteiger partial charge in [0.2, 0.25) is 0 Å². The highest BCUT2D eigenvalue weighted by Gasteiger charge is 2.27. The number of nitrogens with zero attached hydrogens (tertiary/aromatic N) is 22. The Hall–Kier alpha value is -20.5. The molecule has 0 bridgehead atoms. The number of nitriles is 6. The van der Waals surface area contributed by atoms with Crippen LogP contribution in [0.4, 0.5) is 22.7 Å². The van der Waals surface area contributed by atoms with E-state index in [-0.39, 0.29) is 0 Å². The van der Waals surface area contributed by atoms with Crippen LogP contribution in [-0.4, -0.2) is 58.1 Å². The number of hydrogen-bond acceptors (Lipinski definition) is 14. The van der Waals surface area contributed by atoms with Gasteiger partial charge >= 0.3 is 0 Å². The molecular weight excluding hydrogens is 1680 g/mol. The van der Waals surface area contributed by atoms with Crippen molar-refractivity contribution < 1.29 is 0 Å². The minimum Gasteiger partial charge on any atom is -0.307 e. The second-order valence-electron chi connectivity index (χ2n) is 32.7.